The third kappa shape index (κ3) is 2.14. The average molecular weight is 286 g/mol. The number of aliphatic carboxylic acids is 3. The number of carbonyl (C=O) groups is 3. The number of rotatable bonds is 7. The van der Waals surface area contributed by atoms with Gasteiger partial charge in [0.05, 0.1) is 0 Å². The summed E-state index contributed by atoms with van der Waals surface area (Å²) in [5.74, 6) is -14.6. The Hall–Kier alpha value is -2.10. The van der Waals surface area contributed by atoms with Crippen LogP contribution in [0.3, 0.4) is 0 Å². The van der Waals surface area contributed by atoms with E-state index in [1.54, 1.807) is 0 Å². The quantitative estimate of drug-likeness (QED) is 0.480. The maximum atomic E-state index is 14.0. The summed E-state index contributed by atoms with van der Waals surface area (Å²) >= 11 is 0. The van der Waals surface area contributed by atoms with Crippen LogP contribution in [0, 0.1) is 0 Å². The van der Waals surface area contributed by atoms with Gasteiger partial charge in [-0.3, -0.25) is 0 Å². The zero-order chi connectivity index (χ0) is 15.6. The topological polar surface area (TPSA) is 132 Å². The highest BCUT2D eigenvalue weighted by molar-refractivity contribution is 5.97. The molecule has 0 bridgehead atoms. The fourth-order valence-corrected chi connectivity index (χ4v) is 1.30. The Morgan fingerprint density at radius 2 is 1.42 bits per heavy atom. The van der Waals surface area contributed by atoms with Gasteiger partial charge in [-0.15, -0.1) is 6.58 Å². The van der Waals surface area contributed by atoms with Gasteiger partial charge >= 0.3 is 23.8 Å². The second kappa shape index (κ2) is 4.88. The number of carboxylic acid groups (broad SMARTS) is 3. The van der Waals surface area contributed by atoms with Crippen LogP contribution in [0.4, 0.5) is 13.2 Å². The molecule has 0 rings (SSSR count). The van der Waals surface area contributed by atoms with Crippen LogP contribution in [-0.2, 0) is 14.4 Å². The first-order valence-corrected chi connectivity index (χ1v) is 4.49. The Kier molecular flexibility index (Phi) is 4.34. The number of hydrogen-bond acceptors (Lipinski definition) is 4. The summed E-state index contributed by atoms with van der Waals surface area (Å²) < 4.78 is 40.5. The molecule has 10 heteroatoms. The van der Waals surface area contributed by atoms with E-state index in [-0.39, 0.29) is 0 Å². The molecular weight excluding hydrogens is 277 g/mol. The average Bonchev–Trinajstić information content (AvgIpc) is 2.26. The molecule has 0 radical (unpaired) electrons. The van der Waals surface area contributed by atoms with E-state index in [1.165, 1.54) is 0 Å². The Balaban J connectivity index is 6.32. The third-order valence-corrected chi connectivity index (χ3v) is 2.37. The van der Waals surface area contributed by atoms with Crippen molar-refractivity contribution in [2.45, 2.75) is 23.6 Å². The molecule has 2 atom stereocenters. The van der Waals surface area contributed by atoms with Crippen LogP contribution in [0.15, 0.2) is 12.7 Å². The molecule has 2 unspecified atom stereocenters. The number of halogens is 3. The molecule has 0 fully saturated rings. The number of hydrogen-bond donors (Lipinski definition) is 4. The van der Waals surface area contributed by atoms with Crippen molar-refractivity contribution in [1.29, 1.82) is 0 Å². The molecule has 0 aliphatic rings. The van der Waals surface area contributed by atoms with Crippen molar-refractivity contribution in [2.75, 3.05) is 0 Å². The number of aliphatic hydroxyl groups is 1. The van der Waals surface area contributed by atoms with E-state index in [0.29, 0.717) is 6.08 Å². The second-order valence-corrected chi connectivity index (χ2v) is 3.49. The lowest BCUT2D eigenvalue weighted by Crippen LogP contribution is -2.72. The molecule has 0 aliphatic heterocycles. The largest absolute Gasteiger partial charge is 0.479 e. The number of carboxylic acids is 3. The molecule has 0 heterocycles. The van der Waals surface area contributed by atoms with E-state index in [0.717, 1.165) is 0 Å². The van der Waals surface area contributed by atoms with Crippen LogP contribution in [0.5, 0.6) is 0 Å². The molecule has 0 saturated carbocycles. The van der Waals surface area contributed by atoms with E-state index in [9.17, 15) is 32.7 Å². The summed E-state index contributed by atoms with van der Waals surface area (Å²) in [6.07, 6.45) is -1.13. The van der Waals surface area contributed by atoms with Crippen molar-refractivity contribution in [1.82, 2.24) is 0 Å². The number of allylic oxidation sites excluding steroid dienone is 1. The predicted octanol–water partition coefficient (Wildman–Crippen LogP) is -0.109. The zero-order valence-electron chi connectivity index (χ0n) is 9.14. The van der Waals surface area contributed by atoms with E-state index in [1.807, 2.05) is 0 Å². The van der Waals surface area contributed by atoms with Crippen LogP contribution in [-0.4, -0.2) is 55.5 Å². The molecule has 0 aliphatic carbocycles. The molecule has 0 aromatic rings. The monoisotopic (exact) mass is 286 g/mol. The van der Waals surface area contributed by atoms with Crippen LogP contribution < -0.4 is 0 Å². The lowest BCUT2D eigenvalue weighted by Gasteiger charge is -2.37. The molecule has 0 spiro atoms. The highest BCUT2D eigenvalue weighted by Crippen LogP contribution is 2.43. The standard InChI is InChI=1S/C9H9F3O7/c1-2-3-7(10,4(13)14)8(19,5(15)16)9(11,12)6(17)18/h2,19H,1,3H2,(H,13,14)(H,15,16)(H,17,18). The van der Waals surface area contributed by atoms with Crippen molar-refractivity contribution in [3.63, 3.8) is 0 Å². The van der Waals surface area contributed by atoms with Gasteiger partial charge in [-0.1, -0.05) is 6.08 Å². The smallest absolute Gasteiger partial charge is 0.385 e. The molecule has 0 saturated heterocycles. The van der Waals surface area contributed by atoms with Crippen LogP contribution in [0.1, 0.15) is 6.42 Å². The summed E-state index contributed by atoms with van der Waals surface area (Å²) in [7, 11) is 0. The SMILES string of the molecule is C=CCC(F)(C(=O)O)C(O)(C(=O)O)C(F)(F)C(=O)O. The van der Waals surface area contributed by atoms with Gasteiger partial charge in [0.25, 0.3) is 11.3 Å². The minimum Gasteiger partial charge on any atom is -0.479 e. The summed E-state index contributed by atoms with van der Waals surface area (Å²) in [5.41, 5.74) is -9.49. The van der Waals surface area contributed by atoms with Crippen molar-refractivity contribution in [3.05, 3.63) is 12.7 Å². The van der Waals surface area contributed by atoms with Crippen molar-refractivity contribution < 1.29 is 48.0 Å². The summed E-state index contributed by atoms with van der Waals surface area (Å²) in [6.45, 7) is 2.83. The maximum Gasteiger partial charge on any atom is 0.385 e. The fraction of sp³-hybridized carbons (Fsp3) is 0.444. The molecule has 7 nitrogen and oxygen atoms in total. The van der Waals surface area contributed by atoms with Gasteiger partial charge in [0, 0.05) is 6.42 Å². The molecule has 0 aromatic heterocycles. The maximum absolute atomic E-state index is 14.0. The van der Waals surface area contributed by atoms with Crippen molar-refractivity contribution in [3.8, 4) is 0 Å². The van der Waals surface area contributed by atoms with E-state index in [4.69, 9.17) is 15.3 Å². The Labute approximate surface area is 103 Å². The van der Waals surface area contributed by atoms with Gasteiger partial charge in [0.1, 0.15) is 0 Å². The molecular formula is C9H9F3O7. The van der Waals surface area contributed by atoms with Gasteiger partial charge in [-0.05, 0) is 0 Å². The van der Waals surface area contributed by atoms with Gasteiger partial charge in [-0.25, -0.2) is 18.8 Å². The van der Waals surface area contributed by atoms with Crippen molar-refractivity contribution in [2.24, 2.45) is 0 Å². The Morgan fingerprint density at radius 3 is 1.63 bits per heavy atom. The zero-order valence-corrected chi connectivity index (χ0v) is 9.14. The first-order chi connectivity index (χ1) is 8.39. The second-order valence-electron chi connectivity index (χ2n) is 3.49. The summed E-state index contributed by atoms with van der Waals surface area (Å²) in [4.78, 5) is 31.6. The Morgan fingerprint density at radius 1 is 1.00 bits per heavy atom. The van der Waals surface area contributed by atoms with E-state index >= 15 is 0 Å². The Bertz CT molecular complexity index is 436. The van der Waals surface area contributed by atoms with Crippen LogP contribution in [0.2, 0.25) is 0 Å². The normalized spacial score (nSPS) is 17.9. The van der Waals surface area contributed by atoms with Gasteiger partial charge in [0.15, 0.2) is 0 Å². The van der Waals surface area contributed by atoms with Crippen molar-refractivity contribution >= 4 is 17.9 Å². The first kappa shape index (κ1) is 16.9. The minimum absolute atomic E-state index is 0.417. The van der Waals surface area contributed by atoms with Gasteiger partial charge in [0.2, 0.25) is 0 Å². The first-order valence-electron chi connectivity index (χ1n) is 4.49. The highest BCUT2D eigenvalue weighted by Gasteiger charge is 2.77. The van der Waals surface area contributed by atoms with Crippen LogP contribution >= 0.6 is 0 Å². The van der Waals surface area contributed by atoms with Crippen LogP contribution in [0.25, 0.3) is 0 Å². The van der Waals surface area contributed by atoms with E-state index in [2.05, 4.69) is 6.58 Å². The number of alkyl halides is 3. The molecule has 4 N–H and O–H groups in total. The molecule has 0 amide bonds. The highest BCUT2D eigenvalue weighted by atomic mass is 19.3. The summed E-state index contributed by atoms with van der Waals surface area (Å²) in [6, 6.07) is 0. The molecule has 19 heavy (non-hydrogen) atoms. The summed E-state index contributed by atoms with van der Waals surface area (Å²) in [5, 5.41) is 34.5. The fourth-order valence-electron chi connectivity index (χ4n) is 1.30. The van der Waals surface area contributed by atoms with Gasteiger partial charge in [-0.2, -0.15) is 8.78 Å². The van der Waals surface area contributed by atoms with E-state index < -0.39 is 41.5 Å². The molecule has 108 valence electrons. The molecule has 0 aromatic carbocycles. The minimum atomic E-state index is -5.59. The predicted molar refractivity (Wildman–Crippen MR) is 51.5 cm³/mol. The lowest BCUT2D eigenvalue weighted by atomic mass is 9.77. The lowest BCUT2D eigenvalue weighted by molar-refractivity contribution is -0.251. The third-order valence-electron chi connectivity index (χ3n) is 2.37. The van der Waals surface area contributed by atoms with Gasteiger partial charge < -0.3 is 20.4 Å².